The van der Waals surface area contributed by atoms with Crippen molar-refractivity contribution in [2.75, 3.05) is 6.54 Å². The van der Waals surface area contributed by atoms with Crippen LogP contribution >= 0.6 is 17.8 Å². The molecule has 86 valence electrons. The molecule has 2 aliphatic rings. The average Bonchev–Trinajstić information content (AvgIpc) is 2.43. The third kappa shape index (κ3) is 2.14. The summed E-state index contributed by atoms with van der Waals surface area (Å²) in [4.78, 5) is 0.453. The van der Waals surface area contributed by atoms with Gasteiger partial charge >= 0.3 is 0 Å². The van der Waals surface area contributed by atoms with Gasteiger partial charge in [0.2, 0.25) is 0 Å². The third-order valence-electron chi connectivity index (χ3n) is 2.78. The number of hydrogen-bond donors (Lipinski definition) is 1. The zero-order valence-corrected chi connectivity index (χ0v) is 11.9. The molecule has 1 fully saturated rings. The van der Waals surface area contributed by atoms with Gasteiger partial charge in [0.25, 0.3) is 0 Å². The molecule has 7 heteroatoms. The number of nitriles is 1. The molecule has 2 aliphatic heterocycles. The van der Waals surface area contributed by atoms with Crippen molar-refractivity contribution in [2.24, 2.45) is 0 Å². The van der Waals surface area contributed by atoms with Gasteiger partial charge in [-0.05, 0) is 24.8 Å². The van der Waals surface area contributed by atoms with E-state index in [1.54, 1.807) is 0 Å². The molecule has 0 amide bonds. The van der Waals surface area contributed by atoms with Crippen LogP contribution in [0.1, 0.15) is 25.7 Å². The molecular formula is C9H11N3PS3-. The third-order valence-corrected chi connectivity index (χ3v) is 6.55. The van der Waals surface area contributed by atoms with Gasteiger partial charge in [0.05, 0.1) is 0 Å². The molecule has 0 saturated carbocycles. The first-order valence-electron chi connectivity index (χ1n) is 5.11. The number of fused-ring (bicyclic) bond motifs is 1. The van der Waals surface area contributed by atoms with Gasteiger partial charge < -0.3 is 22.0 Å². The normalized spacial score (nSPS) is 30.2. The van der Waals surface area contributed by atoms with E-state index >= 15 is 0 Å². The predicted octanol–water partition coefficient (Wildman–Crippen LogP) is 2.34. The van der Waals surface area contributed by atoms with Crippen LogP contribution in [0.5, 0.6) is 0 Å². The van der Waals surface area contributed by atoms with Gasteiger partial charge in [-0.15, -0.1) is 0 Å². The van der Waals surface area contributed by atoms with Crippen LogP contribution in [-0.2, 0) is 24.1 Å². The number of rotatable bonds is 0. The summed E-state index contributed by atoms with van der Waals surface area (Å²) in [6.45, 7) is 0.858. The molecule has 16 heavy (non-hydrogen) atoms. The van der Waals surface area contributed by atoms with Crippen molar-refractivity contribution in [3.8, 4) is 6.07 Å². The van der Waals surface area contributed by atoms with Crippen molar-refractivity contribution in [3.05, 3.63) is 11.3 Å². The lowest BCUT2D eigenvalue weighted by Gasteiger charge is -2.47. The number of hydrogen-bond acceptors (Lipinski definition) is 4. The predicted molar refractivity (Wildman–Crippen MR) is 75.2 cm³/mol. The molecule has 0 aromatic carbocycles. The summed E-state index contributed by atoms with van der Waals surface area (Å²) in [5.74, 6) is 0. The Morgan fingerprint density at radius 2 is 2.19 bits per heavy atom. The Labute approximate surface area is 111 Å². The zero-order valence-electron chi connectivity index (χ0n) is 8.60. The van der Waals surface area contributed by atoms with Gasteiger partial charge in [-0.25, -0.2) is 0 Å². The quantitative estimate of drug-likeness (QED) is 0.419. The van der Waals surface area contributed by atoms with Crippen molar-refractivity contribution in [2.45, 2.75) is 25.7 Å². The van der Waals surface area contributed by atoms with Gasteiger partial charge in [0, 0.05) is 12.2 Å². The van der Waals surface area contributed by atoms with Crippen LogP contribution in [0.3, 0.4) is 0 Å². The van der Waals surface area contributed by atoms with Gasteiger partial charge in [0.15, 0.2) is 0 Å². The van der Waals surface area contributed by atoms with E-state index in [0.29, 0.717) is 10.6 Å². The Kier molecular flexibility index (Phi) is 3.60. The first-order chi connectivity index (χ1) is 7.56. The van der Waals surface area contributed by atoms with E-state index in [1.807, 2.05) is 0 Å². The lowest BCUT2D eigenvalue weighted by Crippen LogP contribution is -2.36. The highest BCUT2D eigenvalue weighted by Crippen LogP contribution is 2.51. The van der Waals surface area contributed by atoms with Crippen LogP contribution in [0.4, 0.5) is 0 Å². The Balaban J connectivity index is 2.53. The maximum atomic E-state index is 9.14. The Bertz CT molecular complexity index is 451. The molecular weight excluding hydrogens is 277 g/mol. The van der Waals surface area contributed by atoms with Crippen molar-refractivity contribution in [1.29, 1.82) is 5.26 Å². The highest BCUT2D eigenvalue weighted by Gasteiger charge is 2.29. The van der Waals surface area contributed by atoms with E-state index in [0.717, 1.165) is 37.9 Å². The fourth-order valence-corrected chi connectivity index (χ4v) is 5.98. The summed E-state index contributed by atoms with van der Waals surface area (Å²) in [6, 6.07) is 2.18. The van der Waals surface area contributed by atoms with Crippen LogP contribution in [0, 0.1) is 11.3 Å². The molecule has 0 aromatic rings. The molecule has 0 aromatic heterocycles. The molecule has 2 heterocycles. The summed E-state index contributed by atoms with van der Waals surface area (Å²) in [6.07, 6.45) is 4.21. The minimum absolute atomic E-state index is 0.453. The Morgan fingerprint density at radius 3 is 2.88 bits per heavy atom. The molecule has 0 bridgehead atoms. The second-order valence-electron chi connectivity index (χ2n) is 3.83. The molecule has 0 aliphatic carbocycles. The lowest BCUT2D eigenvalue weighted by molar-refractivity contribution is 0.545. The summed E-state index contributed by atoms with van der Waals surface area (Å²) in [7, 11) is 0. The van der Waals surface area contributed by atoms with E-state index in [9.17, 15) is 0 Å². The van der Waals surface area contributed by atoms with E-state index in [1.165, 1.54) is 0 Å². The largest absolute Gasteiger partial charge is 0.705 e. The van der Waals surface area contributed by atoms with Crippen molar-refractivity contribution in [1.82, 2.24) is 9.76 Å². The Morgan fingerprint density at radius 1 is 1.44 bits per heavy atom. The molecule has 3 nitrogen and oxygen atoms in total. The maximum Gasteiger partial charge on any atom is 0.122 e. The topological polar surface area (TPSA) is 39.1 Å². The summed E-state index contributed by atoms with van der Waals surface area (Å²) in [5, 5.41) is 12.1. The fraction of sp³-hybridized carbons (Fsp3) is 0.556. The number of allylic oxidation sites excluding steroid dienone is 1. The standard InChI is InChI=1S/C9H12N3PS3/c10-6-7-8-4-2-1-3-5-12(8)13(15,16)11-9(7)14/h1-5H2,(H2,11,14,15,16)/p-1. The van der Waals surface area contributed by atoms with E-state index in [-0.39, 0.29) is 0 Å². The molecule has 1 saturated heterocycles. The van der Waals surface area contributed by atoms with Gasteiger partial charge in [-0.3, -0.25) is 0 Å². The van der Waals surface area contributed by atoms with Gasteiger partial charge in [-0.2, -0.15) is 5.26 Å². The van der Waals surface area contributed by atoms with E-state index in [2.05, 4.69) is 15.8 Å². The summed E-state index contributed by atoms with van der Waals surface area (Å²) in [5.41, 5.74) is -0.643. The molecule has 1 N–H and O–H groups in total. The minimum atomic E-state index is -2.20. The molecule has 2 rings (SSSR count). The highest BCUT2D eigenvalue weighted by atomic mass is 32.9. The number of nitrogens with zero attached hydrogens (tertiary/aromatic N) is 2. The van der Waals surface area contributed by atoms with Gasteiger partial charge in [-0.1, -0.05) is 30.4 Å². The first-order valence-corrected chi connectivity index (χ1v) is 9.29. The number of thiocarbonyl (C=S) groups is 1. The minimum Gasteiger partial charge on any atom is -0.705 e. The van der Waals surface area contributed by atoms with E-state index in [4.69, 9.17) is 41.5 Å². The first kappa shape index (κ1) is 12.4. The second kappa shape index (κ2) is 4.66. The summed E-state index contributed by atoms with van der Waals surface area (Å²) >= 11 is 16.0. The van der Waals surface area contributed by atoms with Crippen molar-refractivity contribution >= 4 is 46.8 Å². The molecule has 0 spiro atoms. The van der Waals surface area contributed by atoms with Crippen LogP contribution in [0.15, 0.2) is 11.3 Å². The SMILES string of the molecule is N#CC1=C2CCCCCN2P(=S)([S-])NC1=S. The fourth-order valence-electron chi connectivity index (χ4n) is 2.03. The lowest BCUT2D eigenvalue weighted by atomic mass is 10.1. The molecule has 1 unspecified atom stereocenters. The zero-order chi connectivity index (χ0) is 11.8. The second-order valence-corrected chi connectivity index (χ2v) is 9.85. The van der Waals surface area contributed by atoms with Crippen LogP contribution in [-0.4, -0.2) is 16.2 Å². The maximum absolute atomic E-state index is 9.14. The average molecular weight is 288 g/mol. The van der Waals surface area contributed by atoms with E-state index < -0.39 is 5.54 Å². The summed E-state index contributed by atoms with van der Waals surface area (Å²) < 4.78 is 2.05. The highest BCUT2D eigenvalue weighted by molar-refractivity contribution is 8.53. The van der Waals surface area contributed by atoms with Crippen molar-refractivity contribution in [3.63, 3.8) is 0 Å². The van der Waals surface area contributed by atoms with Crippen LogP contribution in [0.2, 0.25) is 0 Å². The Hall–Kier alpha value is -0.0800. The number of nitrogens with one attached hydrogen (secondary N) is 1. The van der Waals surface area contributed by atoms with Gasteiger partial charge in [0.1, 0.15) is 16.6 Å². The molecule has 1 atom stereocenters. The van der Waals surface area contributed by atoms with Crippen LogP contribution in [0.25, 0.3) is 0 Å². The molecule has 0 radical (unpaired) electrons. The van der Waals surface area contributed by atoms with Crippen molar-refractivity contribution < 1.29 is 0 Å². The smallest absolute Gasteiger partial charge is 0.122 e. The van der Waals surface area contributed by atoms with Crippen LogP contribution < -0.4 is 5.09 Å². The monoisotopic (exact) mass is 288 g/mol.